The first-order valence-electron chi connectivity index (χ1n) is 4.84. The first kappa shape index (κ1) is 11.0. The van der Waals surface area contributed by atoms with Gasteiger partial charge in [-0.1, -0.05) is 12.1 Å². The predicted octanol–water partition coefficient (Wildman–Crippen LogP) is 3.03. The van der Waals surface area contributed by atoms with Crippen LogP contribution >= 0.6 is 0 Å². The molecule has 2 nitrogen and oxygen atoms in total. The van der Waals surface area contributed by atoms with Crippen molar-refractivity contribution in [2.45, 2.75) is 25.1 Å². The lowest BCUT2D eigenvalue weighted by molar-refractivity contribution is -0.274. The van der Waals surface area contributed by atoms with E-state index >= 15 is 0 Å². The minimum Gasteiger partial charge on any atom is -0.406 e. The van der Waals surface area contributed by atoms with Gasteiger partial charge in [0, 0.05) is 12.3 Å². The molecular formula is C11H9F3O2. The van der Waals surface area contributed by atoms with Gasteiger partial charge in [0.15, 0.2) is 0 Å². The monoisotopic (exact) mass is 230 g/mol. The summed E-state index contributed by atoms with van der Waals surface area (Å²) in [4.78, 5) is 11.1. The molecule has 1 aliphatic carbocycles. The van der Waals surface area contributed by atoms with E-state index in [1.54, 1.807) is 0 Å². The highest BCUT2D eigenvalue weighted by Gasteiger charge is 2.32. The number of alkyl halides is 3. The Morgan fingerprint density at radius 2 is 1.81 bits per heavy atom. The first-order valence-corrected chi connectivity index (χ1v) is 4.84. The molecule has 16 heavy (non-hydrogen) atoms. The summed E-state index contributed by atoms with van der Waals surface area (Å²) in [5.74, 6) is -0.257. The van der Waals surface area contributed by atoms with Gasteiger partial charge in [-0.25, -0.2) is 0 Å². The molecule has 0 N–H and O–H groups in total. The molecule has 1 atom stereocenters. The second-order valence-corrected chi connectivity index (χ2v) is 3.67. The molecule has 86 valence electrons. The summed E-state index contributed by atoms with van der Waals surface area (Å²) in [7, 11) is 0. The van der Waals surface area contributed by atoms with E-state index in [1.807, 2.05) is 0 Å². The number of halogens is 3. The largest absolute Gasteiger partial charge is 0.573 e. The van der Waals surface area contributed by atoms with Gasteiger partial charge in [-0.15, -0.1) is 13.2 Å². The third-order valence-corrected chi connectivity index (χ3v) is 2.58. The second kappa shape index (κ2) is 3.81. The Balaban J connectivity index is 2.07. The molecule has 1 aromatic rings. The molecule has 1 fully saturated rings. The summed E-state index contributed by atoms with van der Waals surface area (Å²) in [6.07, 6.45) is -3.34. The van der Waals surface area contributed by atoms with Crippen LogP contribution in [0.25, 0.3) is 0 Å². The topological polar surface area (TPSA) is 26.3 Å². The maximum atomic E-state index is 11.9. The van der Waals surface area contributed by atoms with Gasteiger partial charge in [0.1, 0.15) is 11.5 Å². The second-order valence-electron chi connectivity index (χ2n) is 3.67. The number of hydrogen-bond acceptors (Lipinski definition) is 2. The Kier molecular flexibility index (Phi) is 2.61. The van der Waals surface area contributed by atoms with Crippen LogP contribution in [0.5, 0.6) is 5.75 Å². The van der Waals surface area contributed by atoms with Crippen molar-refractivity contribution in [2.75, 3.05) is 0 Å². The van der Waals surface area contributed by atoms with Gasteiger partial charge in [0.2, 0.25) is 0 Å². The van der Waals surface area contributed by atoms with Crippen molar-refractivity contribution >= 4 is 5.78 Å². The van der Waals surface area contributed by atoms with E-state index in [0.717, 1.165) is 12.0 Å². The fourth-order valence-corrected chi connectivity index (χ4v) is 1.66. The van der Waals surface area contributed by atoms with E-state index in [1.165, 1.54) is 24.3 Å². The highest BCUT2D eigenvalue weighted by molar-refractivity contribution is 5.91. The van der Waals surface area contributed by atoms with Gasteiger partial charge >= 0.3 is 6.36 Å². The molecule has 0 aliphatic heterocycles. The number of Topliss-reactive ketones (excluding diaryl/α,β-unsaturated/α-hetero) is 1. The zero-order valence-electron chi connectivity index (χ0n) is 8.25. The lowest BCUT2D eigenvalue weighted by Gasteiger charge is -2.24. The summed E-state index contributed by atoms with van der Waals surface area (Å²) >= 11 is 0. The molecule has 1 unspecified atom stereocenters. The van der Waals surface area contributed by atoms with E-state index in [2.05, 4.69) is 4.74 Å². The number of rotatable bonds is 2. The predicted molar refractivity (Wildman–Crippen MR) is 50.1 cm³/mol. The Morgan fingerprint density at radius 3 is 2.19 bits per heavy atom. The lowest BCUT2D eigenvalue weighted by atomic mass is 9.79. The number of ether oxygens (including phenoxy) is 1. The third kappa shape index (κ3) is 2.35. The number of carbonyl (C=O) groups excluding carboxylic acids is 1. The zero-order valence-corrected chi connectivity index (χ0v) is 8.25. The molecule has 2 rings (SSSR count). The van der Waals surface area contributed by atoms with Gasteiger partial charge in [-0.2, -0.15) is 0 Å². The van der Waals surface area contributed by atoms with Gasteiger partial charge < -0.3 is 4.74 Å². The molecule has 0 saturated heterocycles. The van der Waals surface area contributed by atoms with Crippen molar-refractivity contribution in [1.29, 1.82) is 0 Å². The molecule has 5 heteroatoms. The molecule has 0 heterocycles. The average molecular weight is 230 g/mol. The van der Waals surface area contributed by atoms with Crippen molar-refractivity contribution in [3.05, 3.63) is 29.8 Å². The molecule has 0 amide bonds. The summed E-state index contributed by atoms with van der Waals surface area (Å²) in [5.41, 5.74) is 0.755. The van der Waals surface area contributed by atoms with E-state index in [9.17, 15) is 18.0 Å². The van der Waals surface area contributed by atoms with Gasteiger partial charge in [-0.05, 0) is 24.1 Å². The number of carbonyl (C=O) groups is 1. The highest BCUT2D eigenvalue weighted by atomic mass is 19.4. The summed E-state index contributed by atoms with van der Waals surface area (Å²) in [6, 6.07) is 5.47. The summed E-state index contributed by atoms with van der Waals surface area (Å²) in [6.45, 7) is 0. The van der Waals surface area contributed by atoms with Crippen molar-refractivity contribution in [2.24, 2.45) is 0 Å². The standard InChI is InChI=1S/C11H9F3O2/c12-11(13,14)16-8-3-1-7(2-4-8)9-5-6-10(9)15/h1-4,9H,5-6H2. The Morgan fingerprint density at radius 1 is 1.19 bits per heavy atom. The SMILES string of the molecule is O=C1CCC1c1ccc(OC(F)(F)F)cc1. The van der Waals surface area contributed by atoms with Crippen LogP contribution in [0.2, 0.25) is 0 Å². The van der Waals surface area contributed by atoms with Crippen molar-refractivity contribution in [3.8, 4) is 5.75 Å². The Hall–Kier alpha value is -1.52. The van der Waals surface area contributed by atoms with Crippen LogP contribution in [-0.4, -0.2) is 12.1 Å². The van der Waals surface area contributed by atoms with Gasteiger partial charge in [-0.3, -0.25) is 4.79 Å². The lowest BCUT2D eigenvalue weighted by Crippen LogP contribution is -2.23. The van der Waals surface area contributed by atoms with Crippen LogP contribution in [0.1, 0.15) is 24.3 Å². The quantitative estimate of drug-likeness (QED) is 0.780. The Labute approximate surface area is 90.0 Å². The highest BCUT2D eigenvalue weighted by Crippen LogP contribution is 2.34. The average Bonchev–Trinajstić information content (AvgIpc) is 2.16. The van der Waals surface area contributed by atoms with Crippen LogP contribution in [-0.2, 0) is 4.79 Å². The summed E-state index contributed by atoms with van der Waals surface area (Å²) in [5, 5.41) is 0. The van der Waals surface area contributed by atoms with Gasteiger partial charge in [0.25, 0.3) is 0 Å². The third-order valence-electron chi connectivity index (χ3n) is 2.58. The minimum atomic E-state index is -4.67. The molecule has 0 radical (unpaired) electrons. The smallest absolute Gasteiger partial charge is 0.406 e. The summed E-state index contributed by atoms with van der Waals surface area (Å²) < 4.78 is 39.3. The van der Waals surface area contributed by atoms with Crippen molar-refractivity contribution in [3.63, 3.8) is 0 Å². The molecule has 0 spiro atoms. The van der Waals surface area contributed by atoms with Crippen LogP contribution < -0.4 is 4.74 Å². The maximum Gasteiger partial charge on any atom is 0.573 e. The number of benzene rings is 1. The minimum absolute atomic E-state index is 0.139. The normalized spacial score (nSPS) is 20.4. The fourth-order valence-electron chi connectivity index (χ4n) is 1.66. The molecule has 1 aliphatic rings. The molecule has 1 aromatic carbocycles. The molecule has 0 bridgehead atoms. The van der Waals surface area contributed by atoms with Crippen LogP contribution in [0, 0.1) is 0 Å². The van der Waals surface area contributed by atoms with Crippen molar-refractivity contribution < 1.29 is 22.7 Å². The number of hydrogen-bond donors (Lipinski definition) is 0. The maximum absolute atomic E-state index is 11.9. The van der Waals surface area contributed by atoms with E-state index in [-0.39, 0.29) is 17.5 Å². The molecule has 0 aromatic heterocycles. The van der Waals surface area contributed by atoms with E-state index in [4.69, 9.17) is 0 Å². The van der Waals surface area contributed by atoms with Crippen LogP contribution in [0.3, 0.4) is 0 Å². The Bertz CT molecular complexity index is 395. The van der Waals surface area contributed by atoms with Crippen LogP contribution in [0.4, 0.5) is 13.2 Å². The zero-order chi connectivity index (χ0) is 11.8. The fraction of sp³-hybridized carbons (Fsp3) is 0.364. The molecule has 1 saturated carbocycles. The van der Waals surface area contributed by atoms with Crippen molar-refractivity contribution in [1.82, 2.24) is 0 Å². The van der Waals surface area contributed by atoms with Gasteiger partial charge in [0.05, 0.1) is 0 Å². The number of ketones is 1. The first-order chi connectivity index (χ1) is 7.46. The van der Waals surface area contributed by atoms with Crippen LogP contribution in [0.15, 0.2) is 24.3 Å². The van der Waals surface area contributed by atoms with E-state index < -0.39 is 6.36 Å². The molecular weight excluding hydrogens is 221 g/mol. The van der Waals surface area contributed by atoms with E-state index in [0.29, 0.717) is 6.42 Å².